The van der Waals surface area contributed by atoms with Crippen LogP contribution in [0.2, 0.25) is 0 Å². The molecule has 0 aliphatic rings. The molecule has 0 spiro atoms. The molecule has 1 heterocycles. The highest BCUT2D eigenvalue weighted by Crippen LogP contribution is 2.35. The molecule has 1 aromatic rings. The van der Waals surface area contributed by atoms with E-state index in [1.807, 2.05) is 26.8 Å². The van der Waals surface area contributed by atoms with Gasteiger partial charge < -0.3 is 10.5 Å². The molecule has 0 saturated carbocycles. The van der Waals surface area contributed by atoms with Crippen LogP contribution >= 0.6 is 0 Å². The predicted molar refractivity (Wildman–Crippen MR) is 68.1 cm³/mol. The summed E-state index contributed by atoms with van der Waals surface area (Å²) in [5.74, 6) is 5.26. The largest absolute Gasteiger partial charge is 0.441 e. The van der Waals surface area contributed by atoms with Crippen LogP contribution in [0.3, 0.4) is 0 Å². The van der Waals surface area contributed by atoms with Crippen molar-refractivity contribution in [2.24, 2.45) is 17.0 Å². The van der Waals surface area contributed by atoms with Crippen LogP contribution in [0.25, 0.3) is 0 Å². The fraction of sp³-hybridized carbons (Fsp3) is 0.500. The molecule has 0 fully saturated rings. The van der Waals surface area contributed by atoms with Gasteiger partial charge in [0.15, 0.2) is 0 Å². The molecule has 1 unspecified atom stereocenters. The lowest BCUT2D eigenvalue weighted by Crippen LogP contribution is -2.27. The van der Waals surface area contributed by atoms with Crippen molar-refractivity contribution < 1.29 is 9.53 Å². The van der Waals surface area contributed by atoms with Crippen LogP contribution in [0, 0.1) is 5.41 Å². The number of nitrogens with zero attached hydrogens (tertiary/aromatic N) is 1. The molecule has 0 saturated heterocycles. The van der Waals surface area contributed by atoms with E-state index in [0.717, 1.165) is 11.3 Å². The Morgan fingerprint density at radius 2 is 2.22 bits per heavy atom. The van der Waals surface area contributed by atoms with Crippen molar-refractivity contribution in [1.82, 2.24) is 10.4 Å². The minimum atomic E-state index is -0.787. The number of hydrazine groups is 1. The average Bonchev–Trinajstić information content (AvgIpc) is 2.25. The van der Waals surface area contributed by atoms with Crippen LogP contribution in [0.4, 0.5) is 4.79 Å². The van der Waals surface area contributed by atoms with Crippen molar-refractivity contribution in [3.8, 4) is 0 Å². The lowest BCUT2D eigenvalue weighted by atomic mass is 9.84. The number of nitrogens with two attached hydrogens (primary N) is 2. The first-order chi connectivity index (χ1) is 8.34. The maximum Gasteiger partial charge on any atom is 0.405 e. The van der Waals surface area contributed by atoms with Gasteiger partial charge in [-0.25, -0.2) is 4.79 Å². The first kappa shape index (κ1) is 14.4. The van der Waals surface area contributed by atoms with Crippen LogP contribution in [0.5, 0.6) is 0 Å². The summed E-state index contributed by atoms with van der Waals surface area (Å²) in [6.07, 6.45) is 0.449. The first-order valence-corrected chi connectivity index (χ1v) is 5.69. The summed E-state index contributed by atoms with van der Waals surface area (Å²) in [7, 11) is 0. The van der Waals surface area contributed by atoms with Crippen LogP contribution in [-0.4, -0.2) is 11.1 Å². The van der Waals surface area contributed by atoms with E-state index in [1.54, 1.807) is 12.3 Å². The number of rotatable bonds is 4. The SMILES string of the molecule is CC(C)(C)C(OC(N)=O)c1ccnc(CNN)c1. The molecule has 1 atom stereocenters. The number of carbonyl (C=O) groups is 1. The molecule has 100 valence electrons. The normalized spacial score (nSPS) is 13.1. The van der Waals surface area contributed by atoms with Crippen molar-refractivity contribution in [2.75, 3.05) is 0 Å². The monoisotopic (exact) mass is 252 g/mol. The van der Waals surface area contributed by atoms with E-state index < -0.39 is 12.2 Å². The Morgan fingerprint density at radius 1 is 1.56 bits per heavy atom. The number of ether oxygens (including phenoxy) is 1. The van der Waals surface area contributed by atoms with Gasteiger partial charge in [-0.3, -0.25) is 16.3 Å². The fourth-order valence-electron chi connectivity index (χ4n) is 1.72. The van der Waals surface area contributed by atoms with E-state index in [4.69, 9.17) is 16.3 Å². The van der Waals surface area contributed by atoms with Crippen LogP contribution < -0.4 is 17.0 Å². The van der Waals surface area contributed by atoms with Gasteiger partial charge in [-0.1, -0.05) is 20.8 Å². The standard InChI is InChI=1S/C12H20N4O2/c1-12(2,3)10(18-11(13)17)8-4-5-15-9(6-8)7-16-14/h4-6,10,16H,7,14H2,1-3H3,(H2,13,17). The van der Waals surface area contributed by atoms with E-state index in [0.29, 0.717) is 6.54 Å². The topological polar surface area (TPSA) is 103 Å². The Labute approximate surface area is 107 Å². The summed E-state index contributed by atoms with van der Waals surface area (Å²) in [6.45, 7) is 6.37. The van der Waals surface area contributed by atoms with Gasteiger partial charge in [0.25, 0.3) is 0 Å². The summed E-state index contributed by atoms with van der Waals surface area (Å²) >= 11 is 0. The molecule has 1 amide bonds. The summed E-state index contributed by atoms with van der Waals surface area (Å²) < 4.78 is 5.19. The average molecular weight is 252 g/mol. The second-order valence-corrected chi connectivity index (χ2v) is 5.14. The third-order valence-corrected chi connectivity index (χ3v) is 2.45. The zero-order valence-corrected chi connectivity index (χ0v) is 10.9. The van der Waals surface area contributed by atoms with E-state index in [9.17, 15) is 4.79 Å². The zero-order valence-electron chi connectivity index (χ0n) is 10.9. The third-order valence-electron chi connectivity index (χ3n) is 2.45. The van der Waals surface area contributed by atoms with Crippen LogP contribution in [0.15, 0.2) is 18.3 Å². The number of aromatic nitrogens is 1. The number of primary amides is 1. The molecule has 6 nitrogen and oxygen atoms in total. The number of pyridine rings is 1. The van der Waals surface area contributed by atoms with Gasteiger partial charge in [0.05, 0.1) is 12.2 Å². The Kier molecular flexibility index (Phi) is 4.63. The Hall–Kier alpha value is -1.66. The number of hydrogen-bond acceptors (Lipinski definition) is 5. The van der Waals surface area contributed by atoms with Gasteiger partial charge in [-0.2, -0.15) is 0 Å². The van der Waals surface area contributed by atoms with Gasteiger partial charge in [0.2, 0.25) is 0 Å². The van der Waals surface area contributed by atoms with E-state index in [-0.39, 0.29) is 5.41 Å². The van der Waals surface area contributed by atoms with Gasteiger partial charge in [0.1, 0.15) is 6.10 Å². The summed E-state index contributed by atoms with van der Waals surface area (Å²) in [5, 5.41) is 0. The molecule has 5 N–H and O–H groups in total. The molecule has 0 aliphatic carbocycles. The molecule has 18 heavy (non-hydrogen) atoms. The van der Waals surface area contributed by atoms with Gasteiger partial charge in [-0.15, -0.1) is 0 Å². The summed E-state index contributed by atoms with van der Waals surface area (Å²) in [6, 6.07) is 3.65. The molecule has 0 bridgehead atoms. The van der Waals surface area contributed by atoms with Crippen LogP contribution in [-0.2, 0) is 11.3 Å². The van der Waals surface area contributed by atoms with E-state index in [2.05, 4.69) is 10.4 Å². The number of carbonyl (C=O) groups excluding carboxylic acids is 1. The second kappa shape index (κ2) is 5.79. The van der Waals surface area contributed by atoms with Crippen molar-refractivity contribution >= 4 is 6.09 Å². The van der Waals surface area contributed by atoms with Crippen molar-refractivity contribution in [3.63, 3.8) is 0 Å². The predicted octanol–water partition coefficient (Wildman–Crippen LogP) is 1.23. The molecule has 6 heteroatoms. The lowest BCUT2D eigenvalue weighted by Gasteiger charge is -2.30. The molecule has 1 aromatic heterocycles. The van der Waals surface area contributed by atoms with Crippen molar-refractivity contribution in [1.29, 1.82) is 0 Å². The zero-order chi connectivity index (χ0) is 13.8. The van der Waals surface area contributed by atoms with Crippen LogP contribution in [0.1, 0.15) is 38.1 Å². The Balaban J connectivity index is 3.04. The lowest BCUT2D eigenvalue weighted by molar-refractivity contribution is 0.0359. The minimum Gasteiger partial charge on any atom is -0.441 e. The minimum absolute atomic E-state index is 0.260. The maximum absolute atomic E-state index is 11.0. The number of hydrogen-bond donors (Lipinski definition) is 3. The fourth-order valence-corrected chi connectivity index (χ4v) is 1.72. The van der Waals surface area contributed by atoms with Gasteiger partial charge in [0, 0.05) is 11.6 Å². The van der Waals surface area contributed by atoms with E-state index >= 15 is 0 Å². The molecule has 1 rings (SSSR count). The third kappa shape index (κ3) is 3.97. The summed E-state index contributed by atoms with van der Waals surface area (Å²) in [4.78, 5) is 15.2. The quantitative estimate of drug-likeness (QED) is 0.552. The van der Waals surface area contributed by atoms with E-state index in [1.165, 1.54) is 0 Å². The Bertz CT molecular complexity index is 415. The van der Waals surface area contributed by atoms with Crippen molar-refractivity contribution in [3.05, 3.63) is 29.6 Å². The number of nitrogens with one attached hydrogen (secondary N) is 1. The van der Waals surface area contributed by atoms with Gasteiger partial charge in [-0.05, 0) is 17.7 Å². The molecule has 0 aromatic carbocycles. The van der Waals surface area contributed by atoms with Crippen molar-refractivity contribution in [2.45, 2.75) is 33.4 Å². The highest BCUT2D eigenvalue weighted by Gasteiger charge is 2.29. The molecule has 0 aliphatic heterocycles. The Morgan fingerprint density at radius 3 is 2.72 bits per heavy atom. The number of amides is 1. The maximum atomic E-state index is 11.0. The second-order valence-electron chi connectivity index (χ2n) is 5.14. The molecule has 0 radical (unpaired) electrons. The van der Waals surface area contributed by atoms with Gasteiger partial charge >= 0.3 is 6.09 Å². The molecular formula is C12H20N4O2. The summed E-state index contributed by atoms with van der Waals surface area (Å²) in [5.41, 5.74) is 9.01. The first-order valence-electron chi connectivity index (χ1n) is 5.69. The highest BCUT2D eigenvalue weighted by atomic mass is 16.6. The smallest absolute Gasteiger partial charge is 0.405 e. The molecular weight excluding hydrogens is 232 g/mol. The highest BCUT2D eigenvalue weighted by molar-refractivity contribution is 5.65.